The third-order valence-corrected chi connectivity index (χ3v) is 4.81. The summed E-state index contributed by atoms with van der Waals surface area (Å²) >= 11 is 11.8. The van der Waals surface area contributed by atoms with Crippen molar-refractivity contribution in [1.29, 1.82) is 0 Å². The molecule has 0 aliphatic heterocycles. The minimum atomic E-state index is -0.542. The maximum atomic E-state index is 12.4. The van der Waals surface area contributed by atoms with Gasteiger partial charge in [0, 0.05) is 5.02 Å². The highest BCUT2D eigenvalue weighted by molar-refractivity contribution is 6.36. The molecule has 3 aromatic rings. The van der Waals surface area contributed by atoms with Crippen LogP contribution in [0.1, 0.15) is 26.3 Å². The first-order valence-electron chi connectivity index (χ1n) is 9.24. The number of carbonyl (C=O) groups excluding carboxylic acids is 2. The van der Waals surface area contributed by atoms with Crippen LogP contribution in [-0.2, 0) is 0 Å². The van der Waals surface area contributed by atoms with E-state index < -0.39 is 11.9 Å². The topological polar surface area (TPSA) is 86.2 Å². The molecule has 0 radical (unpaired) electrons. The van der Waals surface area contributed by atoms with Crippen molar-refractivity contribution in [2.24, 2.45) is 5.10 Å². The van der Waals surface area contributed by atoms with Gasteiger partial charge < -0.3 is 14.2 Å². The first-order valence-corrected chi connectivity index (χ1v) is 9.99. The van der Waals surface area contributed by atoms with E-state index in [-0.39, 0.29) is 10.6 Å². The van der Waals surface area contributed by atoms with E-state index in [1.165, 1.54) is 38.6 Å². The third-order valence-electron chi connectivity index (χ3n) is 4.27. The predicted molar refractivity (Wildman–Crippen MR) is 122 cm³/mol. The number of benzene rings is 3. The molecule has 0 aromatic heterocycles. The summed E-state index contributed by atoms with van der Waals surface area (Å²) in [4.78, 5) is 24.5. The summed E-state index contributed by atoms with van der Waals surface area (Å²) in [5.74, 6) is 0.273. The van der Waals surface area contributed by atoms with Crippen molar-refractivity contribution in [2.75, 3.05) is 14.2 Å². The second-order valence-corrected chi connectivity index (χ2v) is 7.20. The van der Waals surface area contributed by atoms with Gasteiger partial charge in [0.05, 0.1) is 36.6 Å². The molecule has 9 heteroatoms. The number of amides is 1. The van der Waals surface area contributed by atoms with Gasteiger partial charge in [0.2, 0.25) is 0 Å². The molecule has 0 atom stereocenters. The van der Waals surface area contributed by atoms with Crippen LogP contribution in [0.25, 0.3) is 0 Å². The van der Waals surface area contributed by atoms with Crippen LogP contribution in [0.4, 0.5) is 0 Å². The fourth-order valence-corrected chi connectivity index (χ4v) is 3.14. The number of halogens is 2. The number of ether oxygens (including phenoxy) is 3. The Kier molecular flexibility index (Phi) is 7.70. The summed E-state index contributed by atoms with van der Waals surface area (Å²) in [6, 6.07) is 15.9. The predicted octanol–water partition coefficient (Wildman–Crippen LogP) is 4.99. The van der Waals surface area contributed by atoms with E-state index in [2.05, 4.69) is 10.5 Å². The summed E-state index contributed by atoms with van der Waals surface area (Å²) in [7, 11) is 3.00. The van der Waals surface area contributed by atoms with Crippen LogP contribution in [0.3, 0.4) is 0 Å². The number of methoxy groups -OCH3 is 2. The molecule has 32 heavy (non-hydrogen) atoms. The van der Waals surface area contributed by atoms with Gasteiger partial charge in [-0.25, -0.2) is 10.2 Å². The second-order valence-electron chi connectivity index (χ2n) is 6.35. The lowest BCUT2D eigenvalue weighted by atomic mass is 10.2. The van der Waals surface area contributed by atoms with Gasteiger partial charge in [-0.05, 0) is 66.2 Å². The van der Waals surface area contributed by atoms with Gasteiger partial charge >= 0.3 is 5.97 Å². The lowest BCUT2D eigenvalue weighted by Crippen LogP contribution is -2.18. The molecular formula is C23H18Cl2N2O5. The normalized spacial score (nSPS) is 10.6. The van der Waals surface area contributed by atoms with Crippen LogP contribution in [0.15, 0.2) is 65.8 Å². The Labute approximate surface area is 194 Å². The Balaban J connectivity index is 1.60. The summed E-state index contributed by atoms with van der Waals surface area (Å²) in [5, 5.41) is 4.57. The fraction of sp³-hybridized carbons (Fsp3) is 0.0870. The Morgan fingerprint density at radius 3 is 2.28 bits per heavy atom. The maximum Gasteiger partial charge on any atom is 0.343 e. The van der Waals surface area contributed by atoms with Crippen molar-refractivity contribution in [2.45, 2.75) is 0 Å². The van der Waals surface area contributed by atoms with Crippen molar-refractivity contribution in [3.8, 4) is 17.2 Å². The molecule has 0 spiro atoms. The second kappa shape index (κ2) is 10.7. The number of hydrogen-bond donors (Lipinski definition) is 1. The van der Waals surface area contributed by atoms with E-state index in [9.17, 15) is 9.59 Å². The van der Waals surface area contributed by atoms with Crippen LogP contribution < -0.4 is 19.6 Å². The fourth-order valence-electron chi connectivity index (χ4n) is 2.65. The molecule has 0 aliphatic rings. The lowest BCUT2D eigenvalue weighted by Gasteiger charge is -2.09. The van der Waals surface area contributed by atoms with E-state index in [4.69, 9.17) is 37.4 Å². The molecule has 0 aliphatic carbocycles. The number of nitrogens with one attached hydrogen (secondary N) is 1. The van der Waals surface area contributed by atoms with Gasteiger partial charge in [0.15, 0.2) is 11.5 Å². The molecule has 3 aromatic carbocycles. The number of rotatable bonds is 7. The molecular weight excluding hydrogens is 455 g/mol. The summed E-state index contributed by atoms with van der Waals surface area (Å²) in [5.41, 5.74) is 3.64. The molecule has 7 nitrogen and oxygen atoms in total. The molecule has 1 amide bonds. The first-order chi connectivity index (χ1) is 15.4. The third kappa shape index (κ3) is 5.78. The van der Waals surface area contributed by atoms with Gasteiger partial charge in [-0.1, -0.05) is 23.2 Å². The Morgan fingerprint density at radius 2 is 1.62 bits per heavy atom. The Hall–Kier alpha value is -3.55. The average molecular weight is 473 g/mol. The van der Waals surface area contributed by atoms with Crippen molar-refractivity contribution in [3.05, 3.63) is 87.4 Å². The summed E-state index contributed by atoms with van der Waals surface area (Å²) in [6.07, 6.45) is 1.45. The zero-order valence-corrected chi connectivity index (χ0v) is 18.6. The molecule has 0 bridgehead atoms. The van der Waals surface area contributed by atoms with Gasteiger partial charge in [0.1, 0.15) is 5.75 Å². The van der Waals surface area contributed by atoms with Crippen molar-refractivity contribution in [1.82, 2.24) is 5.43 Å². The molecule has 3 rings (SSSR count). The van der Waals surface area contributed by atoms with Gasteiger partial charge in [0.25, 0.3) is 5.91 Å². The number of hydrogen-bond acceptors (Lipinski definition) is 6. The average Bonchev–Trinajstić information content (AvgIpc) is 2.79. The Bertz CT molecular complexity index is 1160. The molecule has 0 saturated heterocycles. The smallest absolute Gasteiger partial charge is 0.343 e. The van der Waals surface area contributed by atoms with Gasteiger partial charge in [-0.2, -0.15) is 5.10 Å². The Morgan fingerprint density at radius 1 is 0.906 bits per heavy atom. The zero-order valence-electron chi connectivity index (χ0n) is 17.1. The van der Waals surface area contributed by atoms with Crippen molar-refractivity contribution in [3.63, 3.8) is 0 Å². The van der Waals surface area contributed by atoms with E-state index in [0.29, 0.717) is 33.4 Å². The molecule has 0 fully saturated rings. The zero-order chi connectivity index (χ0) is 23.1. The number of carbonyl (C=O) groups is 2. The summed E-state index contributed by atoms with van der Waals surface area (Å²) in [6.45, 7) is 0. The van der Waals surface area contributed by atoms with Crippen molar-refractivity contribution >= 4 is 41.3 Å². The van der Waals surface area contributed by atoms with Crippen LogP contribution in [0.2, 0.25) is 10.0 Å². The molecule has 0 unspecified atom stereocenters. The van der Waals surface area contributed by atoms with Crippen LogP contribution >= 0.6 is 23.2 Å². The highest BCUT2D eigenvalue weighted by atomic mass is 35.5. The minimum absolute atomic E-state index is 0.228. The van der Waals surface area contributed by atoms with Crippen LogP contribution in [-0.4, -0.2) is 32.3 Å². The van der Waals surface area contributed by atoms with E-state index in [1.54, 1.807) is 42.5 Å². The van der Waals surface area contributed by atoms with Crippen LogP contribution in [0.5, 0.6) is 17.2 Å². The highest BCUT2D eigenvalue weighted by Crippen LogP contribution is 2.28. The number of esters is 1. The maximum absolute atomic E-state index is 12.4. The van der Waals surface area contributed by atoms with Gasteiger partial charge in [-0.3, -0.25) is 4.79 Å². The monoisotopic (exact) mass is 472 g/mol. The first kappa shape index (κ1) is 23.1. The molecule has 0 heterocycles. The largest absolute Gasteiger partial charge is 0.493 e. The SMILES string of the molecule is COc1ccc(C(=O)Oc2ccc(/C=N\NC(=O)c3ccc(Cl)cc3Cl)cc2)cc1OC. The van der Waals surface area contributed by atoms with Gasteiger partial charge in [-0.15, -0.1) is 0 Å². The van der Waals surface area contributed by atoms with Crippen LogP contribution in [0, 0.1) is 0 Å². The van der Waals surface area contributed by atoms with E-state index in [1.807, 2.05) is 0 Å². The quantitative estimate of drug-likeness (QED) is 0.226. The molecule has 164 valence electrons. The minimum Gasteiger partial charge on any atom is -0.493 e. The highest BCUT2D eigenvalue weighted by Gasteiger charge is 2.13. The number of nitrogens with zero attached hydrogens (tertiary/aromatic N) is 1. The van der Waals surface area contributed by atoms with E-state index in [0.717, 1.165) is 0 Å². The lowest BCUT2D eigenvalue weighted by molar-refractivity contribution is 0.0734. The van der Waals surface area contributed by atoms with E-state index >= 15 is 0 Å². The standard InChI is InChI=1S/C23H18Cl2N2O5/c1-30-20-10-5-15(11-21(20)31-2)23(29)32-17-7-3-14(4-8-17)13-26-27-22(28)18-9-6-16(24)12-19(18)25/h3-13H,1-2H3,(H,27,28)/b26-13-. The molecule has 1 N–H and O–H groups in total. The molecule has 0 saturated carbocycles. The summed E-state index contributed by atoms with van der Waals surface area (Å²) < 4.78 is 15.7. The van der Waals surface area contributed by atoms with Crippen molar-refractivity contribution < 1.29 is 23.8 Å². The number of hydrazone groups is 1.